The minimum Gasteiger partial charge on any atom is -0.497 e. The lowest BCUT2D eigenvalue weighted by atomic mass is 10.2. The van der Waals surface area contributed by atoms with Crippen LogP contribution in [0, 0.1) is 5.82 Å². The summed E-state index contributed by atoms with van der Waals surface area (Å²) in [6.45, 7) is 0. The molecule has 0 bridgehead atoms. The van der Waals surface area contributed by atoms with Gasteiger partial charge < -0.3 is 9.26 Å². The molecule has 2 aromatic carbocycles. The minimum absolute atomic E-state index is 0.301. The molecule has 152 valence electrons. The third-order valence-electron chi connectivity index (χ3n) is 4.83. The summed E-state index contributed by atoms with van der Waals surface area (Å²) < 4.78 is 26.9. The van der Waals surface area contributed by atoms with Gasteiger partial charge in [0.05, 0.1) is 18.4 Å². The standard InChI is InChI=1S/C21H18FN5O2S/c1-28-15-10-6-13(7-11-15)19-23-18(29-26-19)12-30-21-25-24-20(27(21)14-8-9-14)16-4-2-3-5-17(16)22/h2-7,10-11,14H,8-9,12H2,1H3. The summed E-state index contributed by atoms with van der Waals surface area (Å²) in [5.74, 6) is 2.48. The van der Waals surface area contributed by atoms with E-state index in [4.69, 9.17) is 9.26 Å². The number of benzene rings is 2. The van der Waals surface area contributed by atoms with Gasteiger partial charge in [0.15, 0.2) is 11.0 Å². The third-order valence-corrected chi connectivity index (χ3v) is 5.76. The Morgan fingerprint density at radius 3 is 2.67 bits per heavy atom. The van der Waals surface area contributed by atoms with Crippen molar-refractivity contribution in [3.8, 4) is 28.5 Å². The Morgan fingerprint density at radius 2 is 1.93 bits per heavy atom. The van der Waals surface area contributed by atoms with Crippen LogP contribution >= 0.6 is 11.8 Å². The molecule has 0 aliphatic heterocycles. The van der Waals surface area contributed by atoms with Gasteiger partial charge >= 0.3 is 0 Å². The fourth-order valence-electron chi connectivity index (χ4n) is 3.16. The van der Waals surface area contributed by atoms with Crippen molar-refractivity contribution in [1.29, 1.82) is 0 Å². The van der Waals surface area contributed by atoms with Crippen LogP contribution in [0.5, 0.6) is 5.75 Å². The molecule has 9 heteroatoms. The number of ether oxygens (including phenoxy) is 1. The maximum atomic E-state index is 14.3. The fraction of sp³-hybridized carbons (Fsp3) is 0.238. The number of thioether (sulfide) groups is 1. The summed E-state index contributed by atoms with van der Waals surface area (Å²) in [6.07, 6.45) is 2.07. The number of hydrogen-bond acceptors (Lipinski definition) is 7. The molecule has 0 N–H and O–H groups in total. The average Bonchev–Trinajstić information content (AvgIpc) is 3.35. The van der Waals surface area contributed by atoms with Gasteiger partial charge in [-0.3, -0.25) is 4.57 Å². The average molecular weight is 423 g/mol. The van der Waals surface area contributed by atoms with Crippen LogP contribution in [0.1, 0.15) is 24.8 Å². The number of nitrogens with zero attached hydrogens (tertiary/aromatic N) is 5. The molecular weight excluding hydrogens is 405 g/mol. The lowest BCUT2D eigenvalue weighted by Gasteiger charge is -2.08. The van der Waals surface area contributed by atoms with Crippen LogP contribution in [0.15, 0.2) is 58.2 Å². The molecule has 5 rings (SSSR count). The number of halogens is 1. The van der Waals surface area contributed by atoms with Crippen LogP contribution in [0.3, 0.4) is 0 Å². The molecule has 0 unspecified atom stereocenters. The van der Waals surface area contributed by atoms with Crippen molar-refractivity contribution in [2.45, 2.75) is 29.8 Å². The predicted molar refractivity (Wildman–Crippen MR) is 110 cm³/mol. The predicted octanol–water partition coefficient (Wildman–Crippen LogP) is 4.77. The van der Waals surface area contributed by atoms with Crippen LogP contribution in [-0.2, 0) is 5.75 Å². The van der Waals surface area contributed by atoms with Gasteiger partial charge in [-0.25, -0.2) is 4.39 Å². The fourth-order valence-corrected chi connectivity index (χ4v) is 4.00. The van der Waals surface area contributed by atoms with Crippen LogP contribution in [0.4, 0.5) is 4.39 Å². The molecule has 2 heterocycles. The van der Waals surface area contributed by atoms with E-state index in [1.807, 2.05) is 28.8 Å². The molecule has 1 aliphatic carbocycles. The zero-order chi connectivity index (χ0) is 20.5. The Hall–Kier alpha value is -3.20. The smallest absolute Gasteiger partial charge is 0.237 e. The Kier molecular flexibility index (Phi) is 4.96. The normalized spacial score (nSPS) is 13.5. The van der Waals surface area contributed by atoms with Gasteiger partial charge in [0, 0.05) is 11.6 Å². The first kappa shape index (κ1) is 18.8. The van der Waals surface area contributed by atoms with Crippen LogP contribution < -0.4 is 4.74 Å². The molecule has 1 fully saturated rings. The highest BCUT2D eigenvalue weighted by molar-refractivity contribution is 7.98. The first-order valence-electron chi connectivity index (χ1n) is 9.52. The van der Waals surface area contributed by atoms with E-state index in [9.17, 15) is 4.39 Å². The monoisotopic (exact) mass is 423 g/mol. The number of rotatable bonds is 7. The summed E-state index contributed by atoms with van der Waals surface area (Å²) in [6, 6.07) is 14.4. The molecule has 0 atom stereocenters. The first-order chi connectivity index (χ1) is 14.7. The Labute approximate surface area is 176 Å². The van der Waals surface area contributed by atoms with E-state index in [0.717, 1.165) is 29.3 Å². The summed E-state index contributed by atoms with van der Waals surface area (Å²) in [5.41, 5.74) is 1.31. The van der Waals surface area contributed by atoms with E-state index < -0.39 is 0 Å². The first-order valence-corrected chi connectivity index (χ1v) is 10.5. The second-order valence-electron chi connectivity index (χ2n) is 6.92. The quantitative estimate of drug-likeness (QED) is 0.396. The van der Waals surface area contributed by atoms with Crippen molar-refractivity contribution in [2.75, 3.05) is 7.11 Å². The molecule has 0 amide bonds. The van der Waals surface area contributed by atoms with Gasteiger partial charge in [-0.2, -0.15) is 4.98 Å². The summed E-state index contributed by atoms with van der Waals surface area (Å²) in [7, 11) is 1.62. The molecule has 0 saturated heterocycles. The Bertz CT molecular complexity index is 1170. The highest BCUT2D eigenvalue weighted by Gasteiger charge is 2.31. The summed E-state index contributed by atoms with van der Waals surface area (Å²) in [5, 5.41) is 13.3. The van der Waals surface area contributed by atoms with Crippen molar-refractivity contribution in [1.82, 2.24) is 24.9 Å². The van der Waals surface area contributed by atoms with E-state index in [1.165, 1.54) is 17.8 Å². The van der Waals surface area contributed by atoms with Crippen molar-refractivity contribution >= 4 is 11.8 Å². The molecule has 4 aromatic rings. The van der Waals surface area contributed by atoms with Crippen molar-refractivity contribution in [3.05, 3.63) is 60.2 Å². The number of methoxy groups -OCH3 is 1. The molecular formula is C21H18FN5O2S. The highest BCUT2D eigenvalue weighted by Crippen LogP contribution is 2.41. The van der Waals surface area contributed by atoms with Crippen LogP contribution in [0.25, 0.3) is 22.8 Å². The molecule has 1 saturated carbocycles. The van der Waals surface area contributed by atoms with Gasteiger partial charge in [0.2, 0.25) is 11.7 Å². The lowest BCUT2D eigenvalue weighted by molar-refractivity contribution is 0.391. The summed E-state index contributed by atoms with van der Waals surface area (Å²) >= 11 is 1.46. The van der Waals surface area contributed by atoms with E-state index in [-0.39, 0.29) is 5.82 Å². The maximum absolute atomic E-state index is 14.3. The van der Waals surface area contributed by atoms with Gasteiger partial charge in [-0.05, 0) is 49.2 Å². The van der Waals surface area contributed by atoms with E-state index in [1.54, 1.807) is 25.3 Å². The van der Waals surface area contributed by atoms with E-state index in [0.29, 0.717) is 34.9 Å². The minimum atomic E-state index is -0.301. The molecule has 0 spiro atoms. The largest absolute Gasteiger partial charge is 0.497 e. The zero-order valence-corrected chi connectivity index (χ0v) is 17.0. The Balaban J connectivity index is 1.35. The van der Waals surface area contributed by atoms with Gasteiger partial charge in [0.1, 0.15) is 11.6 Å². The van der Waals surface area contributed by atoms with E-state index >= 15 is 0 Å². The van der Waals surface area contributed by atoms with Crippen LogP contribution in [-0.4, -0.2) is 32.0 Å². The number of aromatic nitrogens is 5. The third kappa shape index (κ3) is 3.68. The zero-order valence-electron chi connectivity index (χ0n) is 16.2. The number of hydrogen-bond donors (Lipinski definition) is 0. The van der Waals surface area contributed by atoms with E-state index in [2.05, 4.69) is 20.3 Å². The molecule has 2 aromatic heterocycles. The molecule has 1 aliphatic rings. The lowest BCUT2D eigenvalue weighted by Crippen LogP contribution is -2.01. The second kappa shape index (κ2) is 7.91. The maximum Gasteiger partial charge on any atom is 0.237 e. The summed E-state index contributed by atoms with van der Waals surface area (Å²) in [4.78, 5) is 4.46. The van der Waals surface area contributed by atoms with Gasteiger partial charge in [0.25, 0.3) is 0 Å². The van der Waals surface area contributed by atoms with Gasteiger partial charge in [-0.1, -0.05) is 29.1 Å². The van der Waals surface area contributed by atoms with Gasteiger partial charge in [-0.15, -0.1) is 10.2 Å². The second-order valence-corrected chi connectivity index (χ2v) is 7.86. The highest BCUT2D eigenvalue weighted by atomic mass is 32.2. The molecule has 7 nitrogen and oxygen atoms in total. The van der Waals surface area contributed by atoms with Crippen molar-refractivity contribution in [2.24, 2.45) is 0 Å². The SMILES string of the molecule is COc1ccc(-c2noc(CSc3nnc(-c4ccccc4F)n3C3CC3)n2)cc1. The van der Waals surface area contributed by atoms with Crippen LogP contribution in [0.2, 0.25) is 0 Å². The van der Waals surface area contributed by atoms with Crippen molar-refractivity contribution in [3.63, 3.8) is 0 Å². The molecule has 30 heavy (non-hydrogen) atoms. The topological polar surface area (TPSA) is 78.9 Å². The van der Waals surface area contributed by atoms with Crippen molar-refractivity contribution < 1.29 is 13.7 Å². The molecule has 0 radical (unpaired) electrons. The Morgan fingerprint density at radius 1 is 1.13 bits per heavy atom.